The van der Waals surface area contributed by atoms with Crippen molar-refractivity contribution in [3.63, 3.8) is 0 Å². The fraction of sp³-hybridized carbons (Fsp3) is 0. The molecule has 1 aromatic heterocycles. The Morgan fingerprint density at radius 1 is 1.00 bits per heavy atom. The lowest BCUT2D eigenvalue weighted by atomic mass is 10.4. The van der Waals surface area contributed by atoms with E-state index in [0.29, 0.717) is 0 Å². The molecule has 0 amide bonds. The Morgan fingerprint density at radius 3 is 2.07 bits per heavy atom. The van der Waals surface area contributed by atoms with Crippen LogP contribution in [0.15, 0.2) is 4.99 Å². The number of guanidine groups is 1. The SMILES string of the molecule is NC(N)=Nc1nc(Cl)c(Cl)c(Cl)c1Cl. The molecule has 14 heavy (non-hydrogen) atoms. The minimum atomic E-state index is -0.200. The highest BCUT2D eigenvalue weighted by Gasteiger charge is 2.14. The van der Waals surface area contributed by atoms with E-state index in [1.165, 1.54) is 0 Å². The molecule has 8 heteroatoms. The van der Waals surface area contributed by atoms with E-state index in [-0.39, 0.29) is 32.0 Å². The molecule has 0 bridgehead atoms. The summed E-state index contributed by atoms with van der Waals surface area (Å²) < 4.78 is 0. The van der Waals surface area contributed by atoms with Crippen LogP contribution >= 0.6 is 46.4 Å². The maximum atomic E-state index is 5.76. The van der Waals surface area contributed by atoms with Gasteiger partial charge in [-0.3, -0.25) is 0 Å². The van der Waals surface area contributed by atoms with Crippen LogP contribution < -0.4 is 11.5 Å². The van der Waals surface area contributed by atoms with Gasteiger partial charge in [-0.1, -0.05) is 46.4 Å². The molecule has 0 radical (unpaired) electrons. The second kappa shape index (κ2) is 4.40. The monoisotopic (exact) mass is 272 g/mol. The number of pyridine rings is 1. The van der Waals surface area contributed by atoms with Crippen molar-refractivity contribution in [2.75, 3.05) is 0 Å². The number of hydrogen-bond acceptors (Lipinski definition) is 2. The summed E-state index contributed by atoms with van der Waals surface area (Å²) in [7, 11) is 0. The zero-order valence-electron chi connectivity index (χ0n) is 6.56. The molecule has 4 nitrogen and oxygen atoms in total. The summed E-state index contributed by atoms with van der Waals surface area (Å²) in [4.78, 5) is 7.37. The number of hydrogen-bond donors (Lipinski definition) is 2. The first-order valence-electron chi connectivity index (χ1n) is 3.23. The summed E-state index contributed by atoms with van der Waals surface area (Å²) >= 11 is 22.8. The van der Waals surface area contributed by atoms with E-state index in [9.17, 15) is 0 Å². The second-order valence-electron chi connectivity index (χ2n) is 2.20. The Balaban J connectivity index is 3.41. The zero-order valence-corrected chi connectivity index (χ0v) is 9.58. The molecule has 4 N–H and O–H groups in total. The number of rotatable bonds is 1. The van der Waals surface area contributed by atoms with Crippen LogP contribution in [0.2, 0.25) is 20.2 Å². The first-order valence-corrected chi connectivity index (χ1v) is 4.74. The van der Waals surface area contributed by atoms with Gasteiger partial charge in [0.25, 0.3) is 0 Å². The van der Waals surface area contributed by atoms with Gasteiger partial charge in [-0.25, -0.2) is 4.98 Å². The molecular weight excluding hydrogens is 270 g/mol. The molecule has 0 saturated carbocycles. The van der Waals surface area contributed by atoms with Gasteiger partial charge in [-0.15, -0.1) is 0 Å². The molecule has 0 spiro atoms. The maximum Gasteiger partial charge on any atom is 0.192 e. The van der Waals surface area contributed by atoms with Gasteiger partial charge in [0.15, 0.2) is 16.9 Å². The van der Waals surface area contributed by atoms with E-state index < -0.39 is 0 Å². The second-order valence-corrected chi connectivity index (χ2v) is 3.70. The van der Waals surface area contributed by atoms with Gasteiger partial charge < -0.3 is 11.5 Å². The van der Waals surface area contributed by atoms with E-state index in [0.717, 1.165) is 0 Å². The normalized spacial score (nSPS) is 10.0. The fourth-order valence-electron chi connectivity index (χ4n) is 0.673. The number of halogens is 4. The summed E-state index contributed by atoms with van der Waals surface area (Å²) in [6.45, 7) is 0. The molecule has 1 heterocycles. The highest BCUT2D eigenvalue weighted by molar-refractivity contribution is 6.52. The molecule has 0 aromatic carbocycles. The van der Waals surface area contributed by atoms with Gasteiger partial charge >= 0.3 is 0 Å². The molecular formula is C6H4Cl4N4. The first-order chi connectivity index (χ1) is 6.43. The average molecular weight is 274 g/mol. The van der Waals surface area contributed by atoms with Crippen molar-refractivity contribution in [3.8, 4) is 0 Å². The quantitative estimate of drug-likeness (QED) is 0.469. The van der Waals surface area contributed by atoms with Gasteiger partial charge in [-0.2, -0.15) is 4.99 Å². The van der Waals surface area contributed by atoms with E-state index in [1.54, 1.807) is 0 Å². The summed E-state index contributed by atoms with van der Waals surface area (Å²) in [5, 5.41) is 0.164. The number of aliphatic imine (C=N–C) groups is 1. The van der Waals surface area contributed by atoms with Gasteiger partial charge in [0.05, 0.1) is 10.0 Å². The Bertz CT molecular complexity index is 399. The molecule has 0 unspecified atom stereocenters. The molecule has 76 valence electrons. The Morgan fingerprint density at radius 2 is 1.57 bits per heavy atom. The van der Waals surface area contributed by atoms with Gasteiger partial charge in [0.1, 0.15) is 5.02 Å². The predicted molar refractivity (Wildman–Crippen MR) is 59.7 cm³/mol. The van der Waals surface area contributed by atoms with Crippen LogP contribution in [0.5, 0.6) is 0 Å². The van der Waals surface area contributed by atoms with Crippen LogP contribution in [0.3, 0.4) is 0 Å². The molecule has 0 aliphatic carbocycles. The van der Waals surface area contributed by atoms with Crippen molar-refractivity contribution < 1.29 is 0 Å². The highest BCUT2D eigenvalue weighted by Crippen LogP contribution is 2.39. The molecule has 0 atom stereocenters. The smallest absolute Gasteiger partial charge is 0.192 e. The topological polar surface area (TPSA) is 77.3 Å². The number of nitrogens with two attached hydrogens (primary N) is 2. The van der Waals surface area contributed by atoms with E-state index in [1.807, 2.05) is 0 Å². The first kappa shape index (κ1) is 11.7. The third kappa shape index (κ3) is 2.33. The van der Waals surface area contributed by atoms with E-state index >= 15 is 0 Å². The zero-order chi connectivity index (χ0) is 10.9. The fourth-order valence-corrected chi connectivity index (χ4v) is 1.43. The molecule has 0 fully saturated rings. The van der Waals surface area contributed by atoms with E-state index in [2.05, 4.69) is 9.98 Å². The third-order valence-corrected chi connectivity index (χ3v) is 2.87. The molecule has 1 rings (SSSR count). The Kier molecular flexibility index (Phi) is 3.66. The van der Waals surface area contributed by atoms with Crippen LogP contribution in [0.4, 0.5) is 5.82 Å². The van der Waals surface area contributed by atoms with Crippen LogP contribution in [-0.2, 0) is 0 Å². The largest absolute Gasteiger partial charge is 0.370 e. The van der Waals surface area contributed by atoms with Crippen LogP contribution in [-0.4, -0.2) is 10.9 Å². The lowest BCUT2D eigenvalue weighted by Gasteiger charge is -2.03. The summed E-state index contributed by atoms with van der Waals surface area (Å²) in [5.74, 6) is -0.167. The molecule has 0 aliphatic heterocycles. The van der Waals surface area contributed by atoms with Crippen LogP contribution in [0.1, 0.15) is 0 Å². The van der Waals surface area contributed by atoms with Crippen molar-refractivity contribution in [1.82, 2.24) is 4.98 Å². The Hall–Kier alpha value is -0.420. The summed E-state index contributed by atoms with van der Waals surface area (Å²) in [5.41, 5.74) is 10.3. The minimum Gasteiger partial charge on any atom is -0.370 e. The molecule has 1 aromatic rings. The van der Waals surface area contributed by atoms with Crippen molar-refractivity contribution in [3.05, 3.63) is 20.2 Å². The lowest BCUT2D eigenvalue weighted by Crippen LogP contribution is -2.22. The maximum absolute atomic E-state index is 5.76. The highest BCUT2D eigenvalue weighted by atomic mass is 35.5. The molecule has 0 saturated heterocycles. The van der Waals surface area contributed by atoms with Gasteiger partial charge in [-0.05, 0) is 0 Å². The van der Waals surface area contributed by atoms with Crippen LogP contribution in [0, 0.1) is 0 Å². The standard InChI is InChI=1S/C6H4Cl4N4/c7-1-2(8)4(10)13-5(3(1)9)14-6(11)12/h(H4,11,12,13,14). The summed E-state index contributed by atoms with van der Waals surface area (Å²) in [6.07, 6.45) is 0. The number of aromatic nitrogens is 1. The lowest BCUT2D eigenvalue weighted by molar-refractivity contribution is 1.26. The van der Waals surface area contributed by atoms with Crippen molar-refractivity contribution in [1.29, 1.82) is 0 Å². The van der Waals surface area contributed by atoms with Crippen molar-refractivity contribution >= 4 is 58.2 Å². The predicted octanol–water partition coefficient (Wildman–Crippen LogP) is 2.60. The van der Waals surface area contributed by atoms with Crippen LogP contribution in [0.25, 0.3) is 0 Å². The summed E-state index contributed by atoms with van der Waals surface area (Å²) in [6, 6.07) is 0. The van der Waals surface area contributed by atoms with E-state index in [4.69, 9.17) is 57.9 Å². The number of nitrogens with zero attached hydrogens (tertiary/aromatic N) is 2. The Labute approximate surface area is 99.8 Å². The third-order valence-electron chi connectivity index (χ3n) is 1.20. The van der Waals surface area contributed by atoms with Gasteiger partial charge in [0, 0.05) is 0 Å². The van der Waals surface area contributed by atoms with Crippen molar-refractivity contribution in [2.24, 2.45) is 16.5 Å². The minimum absolute atomic E-state index is 0.0129. The van der Waals surface area contributed by atoms with Gasteiger partial charge in [0.2, 0.25) is 0 Å². The average Bonchev–Trinajstić information content (AvgIpc) is 2.10. The molecule has 0 aliphatic rings. The van der Waals surface area contributed by atoms with Crippen molar-refractivity contribution in [2.45, 2.75) is 0 Å².